The topological polar surface area (TPSA) is 44.1 Å². The zero-order valence-corrected chi connectivity index (χ0v) is 12.2. The van der Waals surface area contributed by atoms with E-state index in [0.29, 0.717) is 6.54 Å². The van der Waals surface area contributed by atoms with Gasteiger partial charge in [0.25, 0.3) is 0 Å². The van der Waals surface area contributed by atoms with E-state index in [1.807, 2.05) is 50.2 Å². The lowest BCUT2D eigenvalue weighted by atomic mass is 10.1. The first kappa shape index (κ1) is 14.7. The van der Waals surface area contributed by atoms with Crippen LogP contribution in [0.25, 0.3) is 0 Å². The number of carbonyl (C=O) groups excluding carboxylic acids is 1. The van der Waals surface area contributed by atoms with Gasteiger partial charge in [-0.3, -0.25) is 4.79 Å². The van der Waals surface area contributed by atoms with E-state index < -0.39 is 0 Å². The summed E-state index contributed by atoms with van der Waals surface area (Å²) in [5.74, 6) is 0.171. The third-order valence-corrected chi connectivity index (χ3v) is 4.06. The molecule has 0 saturated heterocycles. The molecular weight excluding hydrogens is 292 g/mol. The number of hydrogen-bond donors (Lipinski definition) is 0. The summed E-state index contributed by atoms with van der Waals surface area (Å²) in [6.07, 6.45) is 0. The summed E-state index contributed by atoms with van der Waals surface area (Å²) in [4.78, 5) is 13.5. The van der Waals surface area contributed by atoms with Crippen LogP contribution in [0.2, 0.25) is 0 Å². The average Bonchev–Trinajstić information content (AvgIpc) is 2.37. The van der Waals surface area contributed by atoms with Crippen LogP contribution < -0.4 is 0 Å². The maximum atomic E-state index is 12.2. The first-order chi connectivity index (χ1) is 8.56. The first-order valence-electron chi connectivity index (χ1n) is 5.90. The zero-order valence-electron chi connectivity index (χ0n) is 10.6. The predicted molar refractivity (Wildman–Crippen MR) is 75.0 cm³/mol. The highest BCUT2D eigenvalue weighted by atomic mass is 79.9. The van der Waals surface area contributed by atoms with Gasteiger partial charge >= 0.3 is 0 Å². The summed E-state index contributed by atoms with van der Waals surface area (Å²) in [5.41, 5.74) is 1.03. The lowest BCUT2D eigenvalue weighted by Crippen LogP contribution is -2.38. The van der Waals surface area contributed by atoms with Crippen LogP contribution in [0.3, 0.4) is 0 Å². The number of amides is 1. The molecular formula is C14H17BrN2O. The third kappa shape index (κ3) is 4.15. The van der Waals surface area contributed by atoms with E-state index in [1.54, 1.807) is 4.90 Å². The number of rotatable bonds is 5. The fraction of sp³-hybridized carbons (Fsp3) is 0.429. The van der Waals surface area contributed by atoms with Crippen LogP contribution >= 0.6 is 15.9 Å². The first-order valence-corrected chi connectivity index (χ1v) is 6.81. The Hall–Kier alpha value is -1.34. The molecule has 0 aliphatic rings. The van der Waals surface area contributed by atoms with Gasteiger partial charge in [0.05, 0.1) is 10.9 Å². The van der Waals surface area contributed by atoms with Gasteiger partial charge in [-0.15, -0.1) is 0 Å². The van der Waals surface area contributed by atoms with Gasteiger partial charge in [-0.2, -0.15) is 5.26 Å². The second kappa shape index (κ2) is 7.17. The number of hydrogen-bond acceptors (Lipinski definition) is 2. The van der Waals surface area contributed by atoms with Crippen molar-refractivity contribution in [2.75, 3.05) is 6.54 Å². The molecule has 0 N–H and O–H groups in total. The fourth-order valence-electron chi connectivity index (χ4n) is 1.56. The van der Waals surface area contributed by atoms with Gasteiger partial charge in [0.1, 0.15) is 6.54 Å². The minimum absolute atomic E-state index is 0.0320. The number of nitriles is 1. The third-order valence-electron chi connectivity index (χ3n) is 2.61. The molecule has 0 radical (unpaired) electrons. The van der Waals surface area contributed by atoms with Crippen molar-refractivity contribution in [2.45, 2.75) is 25.2 Å². The highest BCUT2D eigenvalue weighted by Gasteiger charge is 2.24. The highest BCUT2D eigenvalue weighted by molar-refractivity contribution is 9.10. The molecule has 0 aliphatic heterocycles. The summed E-state index contributed by atoms with van der Waals surface area (Å²) >= 11 is 3.39. The van der Waals surface area contributed by atoms with Crippen LogP contribution in [0.1, 0.15) is 19.4 Å². The molecule has 3 nitrogen and oxygen atoms in total. The second-order valence-corrected chi connectivity index (χ2v) is 5.47. The van der Waals surface area contributed by atoms with Crippen molar-refractivity contribution >= 4 is 21.8 Å². The van der Waals surface area contributed by atoms with Crippen molar-refractivity contribution in [2.24, 2.45) is 5.92 Å². The van der Waals surface area contributed by atoms with Gasteiger partial charge in [0.2, 0.25) is 5.91 Å². The molecule has 0 saturated carbocycles. The molecule has 0 fully saturated rings. The molecule has 0 aliphatic carbocycles. The van der Waals surface area contributed by atoms with E-state index in [9.17, 15) is 4.79 Å². The molecule has 0 aromatic heterocycles. The summed E-state index contributed by atoms with van der Waals surface area (Å²) in [7, 11) is 0. The average molecular weight is 309 g/mol. The van der Waals surface area contributed by atoms with Crippen LogP contribution in [0, 0.1) is 17.2 Å². The molecule has 96 valence electrons. The Morgan fingerprint density at radius 1 is 1.39 bits per heavy atom. The van der Waals surface area contributed by atoms with E-state index in [0.717, 1.165) is 5.56 Å². The Kier molecular flexibility index (Phi) is 5.87. The Morgan fingerprint density at radius 3 is 2.50 bits per heavy atom. The van der Waals surface area contributed by atoms with Crippen LogP contribution in [-0.4, -0.2) is 22.2 Å². The molecule has 18 heavy (non-hydrogen) atoms. The number of alkyl halides is 1. The lowest BCUT2D eigenvalue weighted by Gasteiger charge is -2.24. The van der Waals surface area contributed by atoms with Crippen molar-refractivity contribution in [1.29, 1.82) is 5.26 Å². The Bertz CT molecular complexity index is 425. The molecule has 1 amide bonds. The van der Waals surface area contributed by atoms with E-state index in [4.69, 9.17) is 5.26 Å². The van der Waals surface area contributed by atoms with Crippen LogP contribution in [0.15, 0.2) is 30.3 Å². The van der Waals surface area contributed by atoms with Gasteiger partial charge < -0.3 is 4.90 Å². The molecule has 0 heterocycles. The largest absolute Gasteiger partial charge is 0.324 e. The van der Waals surface area contributed by atoms with Gasteiger partial charge in [0, 0.05) is 6.54 Å². The lowest BCUT2D eigenvalue weighted by molar-refractivity contribution is -0.131. The van der Waals surface area contributed by atoms with Crippen molar-refractivity contribution in [1.82, 2.24) is 4.90 Å². The summed E-state index contributed by atoms with van der Waals surface area (Å²) in [6.45, 7) is 4.54. The number of nitrogens with zero attached hydrogens (tertiary/aromatic N) is 2. The van der Waals surface area contributed by atoms with Crippen molar-refractivity contribution in [3.05, 3.63) is 35.9 Å². The maximum Gasteiger partial charge on any atom is 0.237 e. The second-order valence-electron chi connectivity index (χ2n) is 4.48. The van der Waals surface area contributed by atoms with Crippen LogP contribution in [0.5, 0.6) is 0 Å². The molecule has 0 bridgehead atoms. The molecule has 1 aromatic rings. The quantitative estimate of drug-likeness (QED) is 0.620. The van der Waals surface area contributed by atoms with Crippen molar-refractivity contribution in [3.8, 4) is 6.07 Å². The smallest absolute Gasteiger partial charge is 0.237 e. The van der Waals surface area contributed by atoms with Crippen LogP contribution in [0.4, 0.5) is 0 Å². The fourth-order valence-corrected chi connectivity index (χ4v) is 1.85. The van der Waals surface area contributed by atoms with Gasteiger partial charge in [-0.1, -0.05) is 60.1 Å². The number of carbonyl (C=O) groups is 1. The molecule has 1 atom stereocenters. The monoisotopic (exact) mass is 308 g/mol. The van der Waals surface area contributed by atoms with Crippen LogP contribution in [-0.2, 0) is 11.3 Å². The molecule has 1 unspecified atom stereocenters. The molecule has 4 heteroatoms. The van der Waals surface area contributed by atoms with Gasteiger partial charge in [-0.25, -0.2) is 0 Å². The number of halogens is 1. The molecule has 1 aromatic carbocycles. The minimum atomic E-state index is -0.241. The SMILES string of the molecule is CC(C)C(Br)C(=O)N(CC#N)Cc1ccccc1. The highest BCUT2D eigenvalue weighted by Crippen LogP contribution is 2.16. The minimum Gasteiger partial charge on any atom is -0.324 e. The summed E-state index contributed by atoms with van der Waals surface area (Å²) in [6, 6.07) is 11.7. The van der Waals surface area contributed by atoms with E-state index in [2.05, 4.69) is 15.9 Å². The van der Waals surface area contributed by atoms with Crippen molar-refractivity contribution < 1.29 is 4.79 Å². The van der Waals surface area contributed by atoms with E-state index in [-0.39, 0.29) is 23.2 Å². The number of benzene rings is 1. The maximum absolute atomic E-state index is 12.2. The zero-order chi connectivity index (χ0) is 13.5. The molecule has 1 rings (SSSR count). The summed E-state index contributed by atoms with van der Waals surface area (Å²) in [5, 5.41) is 8.82. The Labute approximate surface area is 117 Å². The molecule has 0 spiro atoms. The predicted octanol–water partition coefficient (Wildman–Crippen LogP) is 2.96. The van der Waals surface area contributed by atoms with Gasteiger partial charge in [0.15, 0.2) is 0 Å². The summed E-state index contributed by atoms with van der Waals surface area (Å²) < 4.78 is 0. The van der Waals surface area contributed by atoms with Crippen molar-refractivity contribution in [3.63, 3.8) is 0 Å². The normalized spacial score (nSPS) is 11.9. The standard InChI is InChI=1S/C14H17BrN2O/c1-11(2)13(15)14(18)17(9-8-16)10-12-6-4-3-5-7-12/h3-7,11,13H,9-10H2,1-2H3. The Balaban J connectivity index is 2.77. The van der Waals surface area contributed by atoms with E-state index in [1.165, 1.54) is 0 Å². The van der Waals surface area contributed by atoms with Gasteiger partial charge in [-0.05, 0) is 11.5 Å². The van der Waals surface area contributed by atoms with E-state index >= 15 is 0 Å². The Morgan fingerprint density at radius 2 is 2.00 bits per heavy atom.